The van der Waals surface area contributed by atoms with Crippen molar-refractivity contribution >= 4 is 23.2 Å². The topological polar surface area (TPSA) is 48.1 Å². The van der Waals surface area contributed by atoms with Crippen LogP contribution in [0.15, 0.2) is 12.3 Å². The second kappa shape index (κ2) is 5.27. The van der Waals surface area contributed by atoms with E-state index in [9.17, 15) is 0 Å². The summed E-state index contributed by atoms with van der Waals surface area (Å²) >= 11 is 11.4. The molecule has 0 aliphatic carbocycles. The van der Waals surface area contributed by atoms with E-state index < -0.39 is 0 Å². The van der Waals surface area contributed by atoms with Crippen LogP contribution in [0.3, 0.4) is 0 Å². The minimum Gasteiger partial charge on any atom is -0.490 e. The van der Waals surface area contributed by atoms with Gasteiger partial charge in [0.15, 0.2) is 5.75 Å². The molecule has 0 fully saturated rings. The average Bonchev–Trinajstić information content (AvgIpc) is 2.09. The molecule has 0 aliphatic rings. The van der Waals surface area contributed by atoms with Gasteiger partial charge in [-0.3, -0.25) is 0 Å². The lowest BCUT2D eigenvalue weighted by molar-refractivity contribution is 0.312. The lowest BCUT2D eigenvalue weighted by Crippen LogP contribution is -2.06. The fourth-order valence-electron chi connectivity index (χ4n) is 0.767. The van der Waals surface area contributed by atoms with E-state index in [-0.39, 0.29) is 0 Å². The minimum absolute atomic E-state index is 0.358. The van der Waals surface area contributed by atoms with E-state index in [0.717, 1.165) is 6.42 Å². The first-order chi connectivity index (χ1) is 6.24. The monoisotopic (exact) mass is 220 g/mol. The van der Waals surface area contributed by atoms with Crippen LogP contribution in [0.5, 0.6) is 5.75 Å². The summed E-state index contributed by atoms with van der Waals surface area (Å²) in [6.07, 6.45) is 2.29. The zero-order chi connectivity index (χ0) is 9.68. The third-order valence-electron chi connectivity index (χ3n) is 1.39. The van der Waals surface area contributed by atoms with Gasteiger partial charge in [-0.1, -0.05) is 23.2 Å². The molecule has 0 bridgehead atoms. The van der Waals surface area contributed by atoms with Crippen molar-refractivity contribution in [1.29, 1.82) is 0 Å². The zero-order valence-corrected chi connectivity index (χ0v) is 8.48. The summed E-state index contributed by atoms with van der Waals surface area (Å²) in [4.78, 5) is 3.84. The first kappa shape index (κ1) is 10.6. The van der Waals surface area contributed by atoms with Crippen molar-refractivity contribution in [1.82, 2.24) is 4.98 Å². The van der Waals surface area contributed by atoms with Gasteiger partial charge in [0, 0.05) is 0 Å². The first-order valence-electron chi connectivity index (χ1n) is 3.88. The molecule has 1 aromatic heterocycles. The van der Waals surface area contributed by atoms with E-state index in [1.165, 1.54) is 6.20 Å². The molecule has 5 heteroatoms. The first-order valence-corrected chi connectivity index (χ1v) is 4.63. The molecular formula is C8H10Cl2N2O. The van der Waals surface area contributed by atoms with Gasteiger partial charge < -0.3 is 10.5 Å². The van der Waals surface area contributed by atoms with Crippen LogP contribution in [0.1, 0.15) is 6.42 Å². The van der Waals surface area contributed by atoms with Crippen LogP contribution in [0.2, 0.25) is 10.2 Å². The number of ether oxygens (including phenoxy) is 1. The number of pyridine rings is 1. The molecule has 1 aromatic rings. The highest BCUT2D eigenvalue weighted by Crippen LogP contribution is 2.25. The highest BCUT2D eigenvalue weighted by molar-refractivity contribution is 6.34. The summed E-state index contributed by atoms with van der Waals surface area (Å²) in [6, 6.07) is 1.54. The molecular weight excluding hydrogens is 211 g/mol. The Balaban J connectivity index is 2.56. The highest BCUT2D eigenvalue weighted by atomic mass is 35.5. The van der Waals surface area contributed by atoms with E-state index >= 15 is 0 Å². The van der Waals surface area contributed by atoms with Gasteiger partial charge in [0.05, 0.1) is 17.8 Å². The number of nitrogens with two attached hydrogens (primary N) is 1. The van der Waals surface area contributed by atoms with Crippen molar-refractivity contribution in [2.45, 2.75) is 6.42 Å². The summed E-state index contributed by atoms with van der Waals surface area (Å²) in [5, 5.41) is 0.827. The third-order valence-corrected chi connectivity index (χ3v) is 1.89. The number of hydrogen-bond donors (Lipinski definition) is 1. The smallest absolute Gasteiger partial charge is 0.156 e. The second-order valence-corrected chi connectivity index (χ2v) is 3.22. The quantitative estimate of drug-likeness (QED) is 0.625. The molecule has 0 amide bonds. The van der Waals surface area contributed by atoms with Crippen molar-refractivity contribution < 1.29 is 4.74 Å². The molecule has 0 radical (unpaired) electrons. The van der Waals surface area contributed by atoms with Gasteiger partial charge in [-0.25, -0.2) is 4.98 Å². The molecule has 0 spiro atoms. The number of hydrogen-bond acceptors (Lipinski definition) is 3. The van der Waals surface area contributed by atoms with Gasteiger partial charge >= 0.3 is 0 Å². The molecule has 0 aromatic carbocycles. The lowest BCUT2D eigenvalue weighted by Gasteiger charge is -2.06. The van der Waals surface area contributed by atoms with Crippen LogP contribution < -0.4 is 10.5 Å². The van der Waals surface area contributed by atoms with Gasteiger partial charge in [-0.05, 0) is 19.0 Å². The van der Waals surface area contributed by atoms with Crippen molar-refractivity contribution in [2.75, 3.05) is 13.2 Å². The average molecular weight is 221 g/mol. The number of rotatable bonds is 4. The maximum absolute atomic E-state index is 5.83. The molecule has 1 heterocycles. The Morgan fingerprint density at radius 2 is 2.23 bits per heavy atom. The summed E-state index contributed by atoms with van der Waals surface area (Å²) in [5.41, 5.74) is 5.31. The van der Waals surface area contributed by atoms with E-state index in [4.69, 9.17) is 33.7 Å². The normalized spacial score (nSPS) is 10.1. The Bertz CT molecular complexity index is 281. The maximum atomic E-state index is 5.83. The summed E-state index contributed by atoms with van der Waals surface area (Å²) in [5.74, 6) is 0.541. The molecule has 0 saturated carbocycles. The van der Waals surface area contributed by atoms with Crippen LogP contribution in [0.4, 0.5) is 0 Å². The second-order valence-electron chi connectivity index (χ2n) is 2.43. The molecule has 2 N–H and O–H groups in total. The van der Waals surface area contributed by atoms with Gasteiger partial charge in [0.2, 0.25) is 0 Å². The van der Waals surface area contributed by atoms with E-state index in [1.54, 1.807) is 6.07 Å². The Morgan fingerprint density at radius 3 is 2.85 bits per heavy atom. The molecule has 0 saturated heterocycles. The number of halogens is 2. The molecule has 0 atom stereocenters. The fraction of sp³-hybridized carbons (Fsp3) is 0.375. The third kappa shape index (κ3) is 3.38. The Kier molecular flexibility index (Phi) is 4.28. The van der Waals surface area contributed by atoms with Gasteiger partial charge in [-0.15, -0.1) is 0 Å². The van der Waals surface area contributed by atoms with Crippen molar-refractivity contribution in [2.24, 2.45) is 5.73 Å². The van der Waals surface area contributed by atoms with E-state index in [1.807, 2.05) is 0 Å². The Labute approximate surface area is 86.8 Å². The fourth-order valence-corrected chi connectivity index (χ4v) is 1.19. The summed E-state index contributed by atoms with van der Waals surface area (Å²) in [7, 11) is 0. The van der Waals surface area contributed by atoms with E-state index in [0.29, 0.717) is 29.1 Å². The molecule has 0 aliphatic heterocycles. The predicted molar refractivity (Wildman–Crippen MR) is 53.4 cm³/mol. The maximum Gasteiger partial charge on any atom is 0.156 e. The van der Waals surface area contributed by atoms with Gasteiger partial charge in [0.25, 0.3) is 0 Å². The van der Waals surface area contributed by atoms with Crippen LogP contribution in [-0.2, 0) is 0 Å². The van der Waals surface area contributed by atoms with Crippen LogP contribution >= 0.6 is 23.2 Å². The van der Waals surface area contributed by atoms with E-state index in [2.05, 4.69) is 4.98 Å². The predicted octanol–water partition coefficient (Wildman–Crippen LogP) is 2.12. The molecule has 0 unspecified atom stereocenters. The molecule has 3 nitrogen and oxygen atoms in total. The Hall–Kier alpha value is -0.510. The van der Waals surface area contributed by atoms with Gasteiger partial charge in [-0.2, -0.15) is 0 Å². The number of nitrogens with zero attached hydrogens (tertiary/aromatic N) is 1. The highest BCUT2D eigenvalue weighted by Gasteiger charge is 2.02. The SMILES string of the molecule is NCCCOc1cnc(Cl)cc1Cl. The molecule has 72 valence electrons. The van der Waals surface area contributed by atoms with Crippen LogP contribution in [0, 0.1) is 0 Å². The van der Waals surface area contributed by atoms with Gasteiger partial charge in [0.1, 0.15) is 5.15 Å². The summed E-state index contributed by atoms with van der Waals surface area (Å²) < 4.78 is 5.30. The van der Waals surface area contributed by atoms with Crippen molar-refractivity contribution in [3.8, 4) is 5.75 Å². The molecule has 13 heavy (non-hydrogen) atoms. The van der Waals surface area contributed by atoms with Crippen LogP contribution in [-0.4, -0.2) is 18.1 Å². The number of aromatic nitrogens is 1. The molecule has 1 rings (SSSR count). The summed E-state index contributed by atoms with van der Waals surface area (Å²) in [6.45, 7) is 1.14. The zero-order valence-electron chi connectivity index (χ0n) is 6.96. The van der Waals surface area contributed by atoms with Crippen molar-refractivity contribution in [3.63, 3.8) is 0 Å². The Morgan fingerprint density at radius 1 is 1.46 bits per heavy atom. The lowest BCUT2D eigenvalue weighted by atomic mass is 10.4. The standard InChI is InChI=1S/C8H10Cl2N2O/c9-6-4-8(10)12-5-7(6)13-3-1-2-11/h4-5H,1-3,11H2. The van der Waals surface area contributed by atoms with Crippen molar-refractivity contribution in [3.05, 3.63) is 22.4 Å². The minimum atomic E-state index is 0.358. The van der Waals surface area contributed by atoms with Crippen LogP contribution in [0.25, 0.3) is 0 Å². The largest absolute Gasteiger partial charge is 0.490 e.